The smallest absolute Gasteiger partial charge is 0.165 e. The molecule has 1 unspecified atom stereocenters. The number of aryl methyl sites for hydroxylation is 1. The van der Waals surface area contributed by atoms with E-state index in [1.54, 1.807) is 6.07 Å². The van der Waals surface area contributed by atoms with Crippen molar-refractivity contribution < 1.29 is 9.13 Å². The molecule has 1 aliphatic rings. The summed E-state index contributed by atoms with van der Waals surface area (Å²) in [6.07, 6.45) is 2.20. The Morgan fingerprint density at radius 2 is 2.33 bits per heavy atom. The number of piperidine rings is 1. The Balaban J connectivity index is 2.09. The van der Waals surface area contributed by atoms with Gasteiger partial charge in [0, 0.05) is 6.54 Å². The Labute approximate surface area is 89.4 Å². The Hall–Kier alpha value is -1.09. The quantitative estimate of drug-likeness (QED) is 0.806. The fourth-order valence-electron chi connectivity index (χ4n) is 1.85. The topological polar surface area (TPSA) is 21.3 Å². The van der Waals surface area contributed by atoms with Crippen molar-refractivity contribution in [2.24, 2.45) is 0 Å². The zero-order chi connectivity index (χ0) is 10.7. The van der Waals surface area contributed by atoms with Crippen LogP contribution < -0.4 is 10.1 Å². The molecule has 2 rings (SSSR count). The molecule has 15 heavy (non-hydrogen) atoms. The van der Waals surface area contributed by atoms with Crippen molar-refractivity contribution >= 4 is 0 Å². The van der Waals surface area contributed by atoms with E-state index in [-0.39, 0.29) is 11.9 Å². The summed E-state index contributed by atoms with van der Waals surface area (Å²) < 4.78 is 19.1. The number of ether oxygens (including phenoxy) is 1. The van der Waals surface area contributed by atoms with E-state index in [4.69, 9.17) is 4.74 Å². The lowest BCUT2D eigenvalue weighted by Crippen LogP contribution is -2.37. The lowest BCUT2D eigenvalue weighted by molar-refractivity contribution is 0.159. The molecule has 0 amide bonds. The van der Waals surface area contributed by atoms with E-state index >= 15 is 0 Å². The monoisotopic (exact) mass is 209 g/mol. The van der Waals surface area contributed by atoms with Gasteiger partial charge < -0.3 is 10.1 Å². The largest absolute Gasteiger partial charge is 0.486 e. The first-order chi connectivity index (χ1) is 7.27. The molecular formula is C12H16FNO. The highest BCUT2D eigenvalue weighted by molar-refractivity contribution is 5.33. The number of hydrogen-bond donors (Lipinski definition) is 1. The lowest BCUT2D eigenvalue weighted by atomic mass is 10.1. The summed E-state index contributed by atoms with van der Waals surface area (Å²) in [7, 11) is 0. The first kappa shape index (κ1) is 10.4. The van der Waals surface area contributed by atoms with E-state index in [1.165, 1.54) is 6.07 Å². The van der Waals surface area contributed by atoms with Crippen molar-refractivity contribution in [1.82, 2.24) is 5.32 Å². The van der Waals surface area contributed by atoms with Crippen molar-refractivity contribution in [1.29, 1.82) is 0 Å². The van der Waals surface area contributed by atoms with Gasteiger partial charge in [-0.05, 0) is 37.9 Å². The maximum atomic E-state index is 13.5. The van der Waals surface area contributed by atoms with Crippen LogP contribution in [0, 0.1) is 12.7 Å². The van der Waals surface area contributed by atoms with Crippen LogP contribution in [0.15, 0.2) is 18.2 Å². The van der Waals surface area contributed by atoms with Gasteiger partial charge in [0.1, 0.15) is 6.10 Å². The van der Waals surface area contributed by atoms with Crippen molar-refractivity contribution in [3.05, 3.63) is 29.6 Å². The highest BCUT2D eigenvalue weighted by Gasteiger charge is 2.17. The molecule has 1 atom stereocenters. The average molecular weight is 209 g/mol. The molecule has 0 radical (unpaired) electrons. The van der Waals surface area contributed by atoms with Crippen molar-refractivity contribution in [3.8, 4) is 5.75 Å². The molecule has 0 saturated carbocycles. The van der Waals surface area contributed by atoms with Gasteiger partial charge in [-0.1, -0.05) is 12.1 Å². The normalized spacial score (nSPS) is 21.3. The zero-order valence-electron chi connectivity index (χ0n) is 8.92. The third kappa shape index (κ3) is 2.48. The maximum absolute atomic E-state index is 13.5. The molecule has 1 aromatic rings. The highest BCUT2D eigenvalue weighted by Crippen LogP contribution is 2.24. The van der Waals surface area contributed by atoms with Crippen molar-refractivity contribution in [2.45, 2.75) is 25.9 Å². The molecule has 1 aliphatic heterocycles. The molecule has 1 fully saturated rings. The van der Waals surface area contributed by atoms with Crippen LogP contribution >= 0.6 is 0 Å². The molecule has 0 spiro atoms. The summed E-state index contributed by atoms with van der Waals surface area (Å²) in [4.78, 5) is 0. The second-order valence-electron chi connectivity index (χ2n) is 3.97. The molecule has 0 aromatic heterocycles. The Morgan fingerprint density at radius 3 is 3.00 bits per heavy atom. The van der Waals surface area contributed by atoms with Gasteiger partial charge in [-0.3, -0.25) is 0 Å². The van der Waals surface area contributed by atoms with Crippen LogP contribution in [-0.4, -0.2) is 19.2 Å². The van der Waals surface area contributed by atoms with Gasteiger partial charge in [-0.15, -0.1) is 0 Å². The van der Waals surface area contributed by atoms with E-state index < -0.39 is 0 Å². The van der Waals surface area contributed by atoms with E-state index in [0.717, 1.165) is 31.5 Å². The fraction of sp³-hybridized carbons (Fsp3) is 0.500. The summed E-state index contributed by atoms with van der Waals surface area (Å²) in [5, 5.41) is 3.25. The molecule has 0 aliphatic carbocycles. The molecule has 82 valence electrons. The fourth-order valence-corrected chi connectivity index (χ4v) is 1.85. The first-order valence-electron chi connectivity index (χ1n) is 5.40. The second-order valence-corrected chi connectivity index (χ2v) is 3.97. The zero-order valence-corrected chi connectivity index (χ0v) is 8.92. The van der Waals surface area contributed by atoms with Gasteiger partial charge in [-0.25, -0.2) is 4.39 Å². The minimum atomic E-state index is -0.263. The Morgan fingerprint density at radius 1 is 1.47 bits per heavy atom. The van der Waals surface area contributed by atoms with Crippen molar-refractivity contribution in [3.63, 3.8) is 0 Å². The van der Waals surface area contributed by atoms with E-state index in [2.05, 4.69) is 5.32 Å². The van der Waals surface area contributed by atoms with Gasteiger partial charge in [0.15, 0.2) is 11.6 Å². The Bertz CT molecular complexity index is 314. The van der Waals surface area contributed by atoms with Crippen LogP contribution in [0.25, 0.3) is 0 Å². The predicted molar refractivity (Wildman–Crippen MR) is 57.7 cm³/mol. The molecule has 1 heterocycles. The number of rotatable bonds is 2. The SMILES string of the molecule is Cc1cccc(F)c1OC1CCCNC1. The van der Waals surface area contributed by atoms with Crippen LogP contribution in [0.4, 0.5) is 4.39 Å². The van der Waals surface area contributed by atoms with E-state index in [0.29, 0.717) is 5.75 Å². The second kappa shape index (κ2) is 4.62. The molecule has 2 nitrogen and oxygen atoms in total. The summed E-state index contributed by atoms with van der Waals surface area (Å²) in [6, 6.07) is 5.02. The minimum Gasteiger partial charge on any atom is -0.486 e. The van der Waals surface area contributed by atoms with Gasteiger partial charge in [-0.2, -0.15) is 0 Å². The number of para-hydroxylation sites is 1. The molecular weight excluding hydrogens is 193 g/mol. The standard InChI is InChI=1S/C12H16FNO/c1-9-4-2-6-11(13)12(9)15-10-5-3-7-14-8-10/h2,4,6,10,14H,3,5,7-8H2,1H3. The van der Waals surface area contributed by atoms with Crippen LogP contribution in [0.5, 0.6) is 5.75 Å². The molecule has 1 aromatic carbocycles. The summed E-state index contributed by atoms with van der Waals surface area (Å²) >= 11 is 0. The summed E-state index contributed by atoms with van der Waals surface area (Å²) in [5.41, 5.74) is 0.862. The van der Waals surface area contributed by atoms with Crippen molar-refractivity contribution in [2.75, 3.05) is 13.1 Å². The Kier molecular flexibility index (Phi) is 3.21. The highest BCUT2D eigenvalue weighted by atomic mass is 19.1. The number of nitrogens with one attached hydrogen (secondary N) is 1. The molecule has 3 heteroatoms. The van der Waals surface area contributed by atoms with Gasteiger partial charge >= 0.3 is 0 Å². The molecule has 1 N–H and O–H groups in total. The number of benzene rings is 1. The summed E-state index contributed by atoms with van der Waals surface area (Å²) in [5.74, 6) is 0.145. The summed E-state index contributed by atoms with van der Waals surface area (Å²) in [6.45, 7) is 3.72. The number of halogens is 1. The molecule has 0 bridgehead atoms. The van der Waals surface area contributed by atoms with Crippen LogP contribution in [0.2, 0.25) is 0 Å². The van der Waals surface area contributed by atoms with Gasteiger partial charge in [0.25, 0.3) is 0 Å². The maximum Gasteiger partial charge on any atom is 0.165 e. The minimum absolute atomic E-state index is 0.106. The third-order valence-corrected chi connectivity index (χ3v) is 2.70. The van der Waals surface area contributed by atoms with Crippen LogP contribution in [-0.2, 0) is 0 Å². The predicted octanol–water partition coefficient (Wildman–Crippen LogP) is 2.26. The van der Waals surface area contributed by atoms with E-state index in [1.807, 2.05) is 13.0 Å². The van der Waals surface area contributed by atoms with E-state index in [9.17, 15) is 4.39 Å². The lowest BCUT2D eigenvalue weighted by Gasteiger charge is -2.24. The first-order valence-corrected chi connectivity index (χ1v) is 5.40. The van der Waals surface area contributed by atoms with Gasteiger partial charge in [0.2, 0.25) is 0 Å². The third-order valence-electron chi connectivity index (χ3n) is 2.70. The van der Waals surface area contributed by atoms with Gasteiger partial charge in [0.05, 0.1) is 0 Å². The molecule has 1 saturated heterocycles. The average Bonchev–Trinajstić information content (AvgIpc) is 2.25. The van der Waals surface area contributed by atoms with Crippen LogP contribution in [0.1, 0.15) is 18.4 Å². The number of hydrogen-bond acceptors (Lipinski definition) is 2. The van der Waals surface area contributed by atoms with Crippen LogP contribution in [0.3, 0.4) is 0 Å².